The van der Waals surface area contributed by atoms with Crippen LogP contribution in [0.3, 0.4) is 0 Å². The lowest BCUT2D eigenvalue weighted by molar-refractivity contribution is 0.501. The fraction of sp³-hybridized carbons (Fsp3) is 0.909. The molecule has 0 amide bonds. The van der Waals surface area contributed by atoms with Crippen molar-refractivity contribution in [2.75, 3.05) is 0 Å². The van der Waals surface area contributed by atoms with Crippen LogP contribution in [0, 0.1) is 0 Å². The Kier molecular flexibility index (Phi) is 9.02. The molecule has 0 aromatic rings. The molecular weight excluding hydrogens is 162 g/mol. The first-order valence-electron chi connectivity index (χ1n) is 5.42. The molecule has 0 aromatic heterocycles. The Bertz CT molecular complexity index is 150. The number of isocyanates is 1. The van der Waals surface area contributed by atoms with Gasteiger partial charge in [-0.3, -0.25) is 0 Å². The monoisotopic (exact) mass is 183 g/mol. The summed E-state index contributed by atoms with van der Waals surface area (Å²) in [6.07, 6.45) is 9.80. The smallest absolute Gasteiger partial charge is 0.211 e. The molecule has 0 saturated carbocycles. The minimum Gasteiger partial charge on any atom is -0.211 e. The predicted octanol–water partition coefficient (Wildman–Crippen LogP) is 3.46. The highest BCUT2D eigenvalue weighted by molar-refractivity contribution is 5.33. The molecule has 0 spiro atoms. The summed E-state index contributed by atoms with van der Waals surface area (Å²) in [7, 11) is 0. The first-order valence-corrected chi connectivity index (χ1v) is 5.42. The van der Waals surface area contributed by atoms with Crippen LogP contribution in [0.25, 0.3) is 0 Å². The minimum absolute atomic E-state index is 0.240. The number of aliphatic imine (C=N–C) groups is 1. The van der Waals surface area contributed by atoms with E-state index in [-0.39, 0.29) is 6.04 Å². The van der Waals surface area contributed by atoms with E-state index >= 15 is 0 Å². The van der Waals surface area contributed by atoms with Gasteiger partial charge in [-0.2, -0.15) is 0 Å². The fourth-order valence-corrected chi connectivity index (χ4v) is 1.42. The lowest BCUT2D eigenvalue weighted by Crippen LogP contribution is -2.03. The third-order valence-electron chi connectivity index (χ3n) is 2.27. The van der Waals surface area contributed by atoms with E-state index < -0.39 is 0 Å². The molecule has 13 heavy (non-hydrogen) atoms. The van der Waals surface area contributed by atoms with Crippen LogP contribution in [0.4, 0.5) is 0 Å². The maximum Gasteiger partial charge on any atom is 0.235 e. The molecule has 0 aliphatic rings. The predicted molar refractivity (Wildman–Crippen MR) is 55.6 cm³/mol. The van der Waals surface area contributed by atoms with E-state index in [0.29, 0.717) is 0 Å². The average Bonchev–Trinajstić information content (AvgIpc) is 2.14. The van der Waals surface area contributed by atoms with Gasteiger partial charge in [0, 0.05) is 0 Å². The van der Waals surface area contributed by atoms with Crippen molar-refractivity contribution >= 4 is 6.08 Å². The van der Waals surface area contributed by atoms with Gasteiger partial charge in [0.25, 0.3) is 0 Å². The zero-order chi connectivity index (χ0) is 9.94. The van der Waals surface area contributed by atoms with E-state index in [4.69, 9.17) is 0 Å². The van der Waals surface area contributed by atoms with Gasteiger partial charge in [-0.15, -0.1) is 0 Å². The highest BCUT2D eigenvalue weighted by atomic mass is 16.1. The van der Waals surface area contributed by atoms with Gasteiger partial charge in [0.15, 0.2) is 0 Å². The first-order chi connectivity index (χ1) is 6.35. The highest BCUT2D eigenvalue weighted by Crippen LogP contribution is 2.12. The van der Waals surface area contributed by atoms with E-state index in [9.17, 15) is 4.79 Å². The SMILES string of the molecule is CCCCCC(CCCC)N=C=O. The summed E-state index contributed by atoms with van der Waals surface area (Å²) in [5.41, 5.74) is 0. The largest absolute Gasteiger partial charge is 0.235 e. The molecule has 0 heterocycles. The van der Waals surface area contributed by atoms with E-state index in [1.54, 1.807) is 6.08 Å². The van der Waals surface area contributed by atoms with Crippen molar-refractivity contribution in [3.63, 3.8) is 0 Å². The molecule has 0 bridgehead atoms. The van der Waals surface area contributed by atoms with Crippen molar-refractivity contribution in [2.45, 2.75) is 64.8 Å². The number of carbonyl (C=O) groups excluding carboxylic acids is 1. The van der Waals surface area contributed by atoms with E-state index in [0.717, 1.165) is 12.8 Å². The number of hydrogen-bond donors (Lipinski definition) is 0. The molecule has 2 heteroatoms. The van der Waals surface area contributed by atoms with Gasteiger partial charge in [0.05, 0.1) is 6.04 Å². The Balaban J connectivity index is 3.60. The van der Waals surface area contributed by atoms with Gasteiger partial charge >= 0.3 is 0 Å². The van der Waals surface area contributed by atoms with Gasteiger partial charge in [0.2, 0.25) is 6.08 Å². The van der Waals surface area contributed by atoms with E-state index in [1.807, 2.05) is 0 Å². The Labute approximate surface area is 81.4 Å². The maximum atomic E-state index is 10.1. The van der Waals surface area contributed by atoms with E-state index in [2.05, 4.69) is 18.8 Å². The van der Waals surface area contributed by atoms with Gasteiger partial charge in [-0.25, -0.2) is 9.79 Å². The summed E-state index contributed by atoms with van der Waals surface area (Å²) in [6.45, 7) is 4.35. The van der Waals surface area contributed by atoms with Crippen molar-refractivity contribution < 1.29 is 4.79 Å². The van der Waals surface area contributed by atoms with Crippen LogP contribution < -0.4 is 0 Å². The summed E-state index contributed by atoms with van der Waals surface area (Å²) in [5.74, 6) is 0. The molecule has 76 valence electrons. The van der Waals surface area contributed by atoms with Gasteiger partial charge in [-0.05, 0) is 12.8 Å². The van der Waals surface area contributed by atoms with Crippen molar-refractivity contribution in [3.05, 3.63) is 0 Å². The van der Waals surface area contributed by atoms with Crippen LogP contribution in [0.5, 0.6) is 0 Å². The third kappa shape index (κ3) is 7.73. The summed E-state index contributed by atoms with van der Waals surface area (Å²) in [6, 6.07) is 0.240. The summed E-state index contributed by atoms with van der Waals surface area (Å²) in [4.78, 5) is 13.9. The Morgan fingerprint density at radius 1 is 1.08 bits per heavy atom. The molecule has 0 aromatic carbocycles. The van der Waals surface area contributed by atoms with Crippen LogP contribution in [-0.2, 0) is 4.79 Å². The second-order valence-electron chi connectivity index (χ2n) is 3.51. The maximum absolute atomic E-state index is 10.1. The first kappa shape index (κ1) is 12.4. The Morgan fingerprint density at radius 2 is 1.69 bits per heavy atom. The molecule has 0 radical (unpaired) electrons. The number of rotatable bonds is 8. The molecule has 1 atom stereocenters. The fourth-order valence-electron chi connectivity index (χ4n) is 1.42. The second-order valence-corrected chi connectivity index (χ2v) is 3.51. The van der Waals surface area contributed by atoms with Crippen LogP contribution in [0.2, 0.25) is 0 Å². The zero-order valence-electron chi connectivity index (χ0n) is 8.88. The third-order valence-corrected chi connectivity index (χ3v) is 2.27. The van der Waals surface area contributed by atoms with Gasteiger partial charge in [0.1, 0.15) is 0 Å². The normalized spacial score (nSPS) is 12.2. The Morgan fingerprint density at radius 3 is 2.23 bits per heavy atom. The zero-order valence-corrected chi connectivity index (χ0v) is 8.88. The standard InChI is InChI=1S/C11H21NO/c1-3-5-7-9-11(12-10-13)8-6-4-2/h11H,3-9H2,1-2H3. The summed E-state index contributed by atoms with van der Waals surface area (Å²) in [5, 5.41) is 0. The molecule has 0 rings (SSSR count). The van der Waals surface area contributed by atoms with Crippen LogP contribution >= 0.6 is 0 Å². The minimum atomic E-state index is 0.240. The van der Waals surface area contributed by atoms with Crippen LogP contribution in [-0.4, -0.2) is 12.1 Å². The summed E-state index contributed by atoms with van der Waals surface area (Å²) < 4.78 is 0. The molecule has 0 saturated heterocycles. The topological polar surface area (TPSA) is 29.4 Å². The molecular formula is C11H21NO. The van der Waals surface area contributed by atoms with Crippen LogP contribution in [0.15, 0.2) is 4.99 Å². The highest BCUT2D eigenvalue weighted by Gasteiger charge is 2.04. The molecule has 0 aliphatic carbocycles. The number of nitrogens with zero attached hydrogens (tertiary/aromatic N) is 1. The molecule has 0 aliphatic heterocycles. The second kappa shape index (κ2) is 9.47. The summed E-state index contributed by atoms with van der Waals surface area (Å²) >= 11 is 0. The lowest BCUT2D eigenvalue weighted by atomic mass is 10.0. The molecule has 0 fully saturated rings. The van der Waals surface area contributed by atoms with E-state index in [1.165, 1.54) is 32.1 Å². The number of unbranched alkanes of at least 4 members (excludes halogenated alkanes) is 3. The average molecular weight is 183 g/mol. The molecule has 1 unspecified atom stereocenters. The quantitative estimate of drug-likeness (QED) is 0.322. The molecule has 0 N–H and O–H groups in total. The van der Waals surface area contributed by atoms with Crippen molar-refractivity contribution in [2.24, 2.45) is 4.99 Å². The van der Waals surface area contributed by atoms with Crippen molar-refractivity contribution in [1.29, 1.82) is 0 Å². The van der Waals surface area contributed by atoms with Crippen molar-refractivity contribution in [3.8, 4) is 0 Å². The number of hydrogen-bond acceptors (Lipinski definition) is 2. The van der Waals surface area contributed by atoms with Gasteiger partial charge < -0.3 is 0 Å². The van der Waals surface area contributed by atoms with Gasteiger partial charge in [-0.1, -0.05) is 46.0 Å². The Hall–Kier alpha value is -0.620. The molecule has 2 nitrogen and oxygen atoms in total. The van der Waals surface area contributed by atoms with Crippen LogP contribution in [0.1, 0.15) is 58.8 Å². The van der Waals surface area contributed by atoms with Crippen molar-refractivity contribution in [1.82, 2.24) is 0 Å². The lowest BCUT2D eigenvalue weighted by Gasteiger charge is -2.08.